The van der Waals surface area contributed by atoms with Crippen molar-refractivity contribution in [2.24, 2.45) is 0 Å². The van der Waals surface area contributed by atoms with Crippen molar-refractivity contribution in [1.29, 1.82) is 0 Å². The number of phosphoric acid groups is 5. The molecule has 41 nitrogen and oxygen atoms in total. The normalized spacial score (nSPS) is 29.0. The van der Waals surface area contributed by atoms with Crippen molar-refractivity contribution in [2.75, 3.05) is 56.7 Å². The molecule has 6 aromatic rings. The predicted octanol–water partition coefficient (Wildman–Crippen LogP) is -1.92. The number of aliphatic hydroxyl groups excluding tert-OH is 4. The number of nitrogens with two attached hydrogens (primary N) is 3. The number of nitrogen functional groups attached to an aromatic ring is 3. The highest BCUT2D eigenvalue weighted by molar-refractivity contribution is 7.66. The van der Waals surface area contributed by atoms with Crippen LogP contribution in [0.15, 0.2) is 38.0 Å². The Kier molecular flexibility index (Phi) is 19.4. The molecular formula is C36H55N16O25P5. The van der Waals surface area contributed by atoms with Crippen molar-refractivity contribution < 1.29 is 118 Å². The Morgan fingerprint density at radius 1 is 0.476 bits per heavy atom. The zero-order valence-corrected chi connectivity index (χ0v) is 47.0. The zero-order chi connectivity index (χ0) is 59.9. The molecule has 82 heavy (non-hydrogen) atoms. The van der Waals surface area contributed by atoms with E-state index in [0.29, 0.717) is 0 Å². The zero-order valence-electron chi connectivity index (χ0n) is 42.5. The summed E-state index contributed by atoms with van der Waals surface area (Å²) in [6.45, 7) is 6.76. The number of hydrogen-bond acceptors (Lipinski definition) is 32. The van der Waals surface area contributed by atoms with E-state index >= 15 is 0 Å². The van der Waals surface area contributed by atoms with Crippen molar-refractivity contribution in [3.05, 3.63) is 38.0 Å². The van der Waals surface area contributed by atoms with Crippen LogP contribution in [0.4, 0.5) is 17.5 Å². The Morgan fingerprint density at radius 3 is 1.17 bits per heavy atom. The molecule has 0 bridgehead atoms. The van der Waals surface area contributed by atoms with Crippen LogP contribution in [0.5, 0.6) is 0 Å². The average Bonchev–Trinajstić information content (AvgIpc) is 3.86. The molecule has 9 rings (SSSR count). The molecule has 9 heterocycles. The standard InChI is InChI=1S/C30H40N15O25P5.C6H15N/c31-22-13-25(37-4-34-22)43(7-40-13)28-19(49)16(46)10(64-28)1-61-72(53,54)67-20-17(47)11(65-29(20)44-8-41-14-23(32)35-5-38-26(14)44)2-62-73(55,56)68-21-18(48)12(3-63-74(57,58)70-75(59,60)69-71(50,51)52)66-30(21)45-9-42-15-24(33)36-6-39-27(15)45;1-4-7(5-2)6-3/h4-12,16-21,28-30,46-49H,1-3H2,(H,53,54)(H,55,56)(H,57,58)(H,59,60)(H2,31,34,37)(H2,32,35,38)(H2,33,36,39)(H2,50,51,52);4-6H2,1-3H3/t10-,11-,12-,16-,17-,18-,19-,20-,21-,28-,29-,30-;/m1./s1. The molecule has 16 atom stereocenters. The molecule has 3 saturated heterocycles. The van der Waals surface area contributed by atoms with Crippen LogP contribution in [0.25, 0.3) is 33.5 Å². The van der Waals surface area contributed by atoms with Crippen LogP contribution in [-0.4, -0.2) is 208 Å². The Morgan fingerprint density at radius 2 is 0.817 bits per heavy atom. The van der Waals surface area contributed by atoms with Gasteiger partial charge in [0.25, 0.3) is 0 Å². The Balaban J connectivity index is 0.00000118. The van der Waals surface area contributed by atoms with E-state index in [-0.39, 0.29) is 50.9 Å². The van der Waals surface area contributed by atoms with Crippen LogP contribution in [0.3, 0.4) is 0 Å². The molecule has 3 fully saturated rings. The van der Waals surface area contributed by atoms with Crippen LogP contribution in [-0.2, 0) is 68.3 Å². The fourth-order valence-electron chi connectivity index (χ4n) is 8.50. The summed E-state index contributed by atoms with van der Waals surface area (Å²) in [5.41, 5.74) is 17.6. The third-order valence-corrected chi connectivity index (χ3v) is 18.2. The van der Waals surface area contributed by atoms with E-state index in [1.807, 2.05) is 0 Å². The van der Waals surface area contributed by atoms with Crippen LogP contribution < -0.4 is 17.2 Å². The molecule has 0 aromatic carbocycles. The number of phosphoric ester groups is 3. The first-order valence-corrected chi connectivity index (χ1v) is 31.3. The molecular weight excluding hydrogens is 1210 g/mol. The molecule has 0 amide bonds. The quantitative estimate of drug-likeness (QED) is 0.0311. The molecule has 0 spiro atoms. The van der Waals surface area contributed by atoms with Gasteiger partial charge in [-0.25, -0.2) is 67.7 Å². The number of nitrogens with zero attached hydrogens (tertiary/aromatic N) is 13. The van der Waals surface area contributed by atoms with Gasteiger partial charge in [-0.3, -0.25) is 36.3 Å². The number of hydrogen-bond donors (Lipinski definition) is 13. The minimum Gasteiger partial charge on any atom is -0.387 e. The smallest absolute Gasteiger partial charge is 0.387 e. The van der Waals surface area contributed by atoms with Crippen LogP contribution in [0.1, 0.15) is 39.5 Å². The van der Waals surface area contributed by atoms with Crippen LogP contribution in [0, 0.1) is 0 Å². The van der Waals surface area contributed by atoms with Gasteiger partial charge in [0.1, 0.15) is 90.5 Å². The minimum atomic E-state index is -6.00. The molecule has 0 aliphatic carbocycles. The van der Waals surface area contributed by atoms with Crippen molar-refractivity contribution in [1.82, 2.24) is 63.5 Å². The van der Waals surface area contributed by atoms with Crippen molar-refractivity contribution in [2.45, 2.75) is 94.4 Å². The highest BCUT2D eigenvalue weighted by atomic mass is 31.3. The molecule has 0 saturated carbocycles. The summed E-state index contributed by atoms with van der Waals surface area (Å²) < 4.78 is 117. The van der Waals surface area contributed by atoms with E-state index in [4.69, 9.17) is 59.3 Å². The maximum Gasteiger partial charge on any atom is 0.490 e. The first-order valence-electron chi connectivity index (χ1n) is 23.8. The molecule has 3 aliphatic heterocycles. The number of imidazole rings is 3. The largest absolute Gasteiger partial charge is 0.490 e. The van der Waals surface area contributed by atoms with E-state index in [9.17, 15) is 62.8 Å². The summed E-state index contributed by atoms with van der Waals surface area (Å²) in [6.07, 6.45) is -15.6. The first kappa shape index (κ1) is 63.4. The van der Waals surface area contributed by atoms with Crippen molar-refractivity contribution in [3.8, 4) is 0 Å². The van der Waals surface area contributed by atoms with Gasteiger partial charge in [0.2, 0.25) is 0 Å². The molecule has 16 N–H and O–H groups in total. The van der Waals surface area contributed by atoms with Gasteiger partial charge in [0.15, 0.2) is 53.1 Å². The lowest BCUT2D eigenvalue weighted by molar-refractivity contribution is -0.0644. The Bertz CT molecular complexity index is 3460. The summed E-state index contributed by atoms with van der Waals surface area (Å²) in [7, 11) is -28.6. The number of aliphatic hydroxyl groups is 4. The number of rotatable bonds is 23. The van der Waals surface area contributed by atoms with Gasteiger partial charge in [-0.1, -0.05) is 20.8 Å². The lowest BCUT2D eigenvalue weighted by atomic mass is 10.1. The molecule has 0 radical (unpaired) electrons. The number of ether oxygens (including phenoxy) is 3. The predicted molar refractivity (Wildman–Crippen MR) is 270 cm³/mol. The lowest BCUT2D eigenvalue weighted by Gasteiger charge is -2.25. The molecule has 6 aromatic heterocycles. The monoisotopic (exact) mass is 1270 g/mol. The summed E-state index contributed by atoms with van der Waals surface area (Å²) in [5, 5.41) is 44.7. The van der Waals surface area contributed by atoms with Crippen molar-refractivity contribution in [3.63, 3.8) is 0 Å². The highest BCUT2D eigenvalue weighted by Gasteiger charge is 2.54. The number of anilines is 3. The lowest BCUT2D eigenvalue weighted by Crippen LogP contribution is -2.37. The van der Waals surface area contributed by atoms with E-state index in [2.05, 4.69) is 83.7 Å². The first-order chi connectivity index (χ1) is 38.5. The fourth-order valence-corrected chi connectivity index (χ4v) is 13.4. The number of aromatic nitrogens is 12. The van der Waals surface area contributed by atoms with Gasteiger partial charge in [-0.15, -0.1) is 0 Å². The van der Waals surface area contributed by atoms with Gasteiger partial charge in [0.05, 0.1) is 38.8 Å². The van der Waals surface area contributed by atoms with Gasteiger partial charge < -0.3 is 86.1 Å². The SMILES string of the molecule is CCN(CC)CC.Nc1ncnc2c1ncn2[C@@H]1O[C@H](COP(=O)(O)O[C@@H]2[C@H](O)[C@@H](COP(=O)(O)O[C@@H]3[C@H](O)[C@@H](COP(=O)(O)OP(=O)(O)OP(=O)(O)O)O[C@H]3n3cnc4c(N)ncnc43)O[C@H]2n2cnc3c(N)ncnc32)[C@@H](O)[C@H]1O. The molecule has 3 aliphatic rings. The second-order valence-corrected chi connectivity index (χ2v) is 24.8. The van der Waals surface area contributed by atoms with E-state index in [1.54, 1.807) is 0 Å². The third kappa shape index (κ3) is 14.4. The summed E-state index contributed by atoms with van der Waals surface area (Å²) in [6, 6.07) is 0. The van der Waals surface area contributed by atoms with Gasteiger partial charge >= 0.3 is 39.1 Å². The average molecular weight is 1270 g/mol. The second-order valence-electron chi connectivity index (χ2n) is 17.6. The fraction of sp³-hybridized carbons (Fsp3) is 0.583. The molecule has 46 heteroatoms. The van der Waals surface area contributed by atoms with Crippen molar-refractivity contribution >= 4 is 90.1 Å². The number of fused-ring (bicyclic) bond motifs is 3. The Hall–Kier alpha value is -4.64. The maximum atomic E-state index is 13.8. The molecule has 454 valence electrons. The van der Waals surface area contributed by atoms with Gasteiger partial charge in [-0.2, -0.15) is 8.62 Å². The van der Waals surface area contributed by atoms with E-state index in [0.717, 1.165) is 40.8 Å². The Labute approximate surface area is 459 Å². The van der Waals surface area contributed by atoms with Gasteiger partial charge in [0, 0.05) is 0 Å². The second kappa shape index (κ2) is 25.1. The summed E-state index contributed by atoms with van der Waals surface area (Å²) in [4.78, 5) is 97.7. The van der Waals surface area contributed by atoms with E-state index in [1.165, 1.54) is 30.5 Å². The van der Waals surface area contributed by atoms with Crippen LogP contribution >= 0.6 is 39.1 Å². The third-order valence-electron chi connectivity index (χ3n) is 12.4. The highest BCUT2D eigenvalue weighted by Crippen LogP contribution is 2.66. The van der Waals surface area contributed by atoms with E-state index < -0.39 is 133 Å². The summed E-state index contributed by atoms with van der Waals surface area (Å²) in [5.74, 6) is -0.306. The summed E-state index contributed by atoms with van der Waals surface area (Å²) >= 11 is 0. The van der Waals surface area contributed by atoms with Crippen LogP contribution in [0.2, 0.25) is 0 Å². The molecule has 4 unspecified atom stereocenters. The topological polar surface area (TPSA) is 592 Å². The minimum absolute atomic E-state index is 0.000333. The maximum absolute atomic E-state index is 13.8. The van der Waals surface area contributed by atoms with Gasteiger partial charge in [-0.05, 0) is 19.6 Å².